The summed E-state index contributed by atoms with van der Waals surface area (Å²) >= 11 is 6.58. The van der Waals surface area contributed by atoms with Crippen LogP contribution in [0.5, 0.6) is 0 Å². The van der Waals surface area contributed by atoms with Gasteiger partial charge in [0.05, 0.1) is 11.6 Å². The summed E-state index contributed by atoms with van der Waals surface area (Å²) in [5, 5.41) is 8.93. The third-order valence-corrected chi connectivity index (χ3v) is 6.02. The summed E-state index contributed by atoms with van der Waals surface area (Å²) in [6.07, 6.45) is 0.659. The molecule has 1 fully saturated rings. The number of carboxylic acids is 1. The molecule has 1 saturated heterocycles. The van der Waals surface area contributed by atoms with Crippen molar-refractivity contribution in [3.8, 4) is 0 Å². The minimum absolute atomic E-state index is 0.206. The molecule has 0 bridgehead atoms. The first-order valence-electron chi connectivity index (χ1n) is 6.25. The summed E-state index contributed by atoms with van der Waals surface area (Å²) < 4.78 is 29.8. The van der Waals surface area contributed by atoms with Gasteiger partial charge in [0.1, 0.15) is 0 Å². The van der Waals surface area contributed by atoms with Crippen LogP contribution < -0.4 is 4.72 Å². The number of carboxylic acid groups (broad SMARTS) is 1. The van der Waals surface area contributed by atoms with Crippen molar-refractivity contribution in [2.45, 2.75) is 12.8 Å². The van der Waals surface area contributed by atoms with E-state index in [1.54, 1.807) is 18.2 Å². The molecule has 0 radical (unpaired) electrons. The van der Waals surface area contributed by atoms with Gasteiger partial charge in [-0.2, -0.15) is 12.7 Å². The summed E-state index contributed by atoms with van der Waals surface area (Å²) in [7, 11) is -3.69. The second-order valence-corrected chi connectivity index (χ2v) is 8.18. The number of hydrogen-bond acceptors (Lipinski definition) is 3. The first kappa shape index (κ1) is 16.7. The van der Waals surface area contributed by atoms with Crippen molar-refractivity contribution in [2.75, 3.05) is 17.8 Å². The van der Waals surface area contributed by atoms with Crippen molar-refractivity contribution in [1.29, 1.82) is 0 Å². The van der Waals surface area contributed by atoms with Crippen LogP contribution in [0.4, 0.5) is 5.69 Å². The molecule has 1 heterocycles. The molecule has 0 unspecified atom stereocenters. The highest BCUT2D eigenvalue weighted by Crippen LogP contribution is 2.28. The Morgan fingerprint density at radius 2 is 1.90 bits per heavy atom. The normalized spacial score (nSPS) is 17.6. The molecule has 6 nitrogen and oxygen atoms in total. The van der Waals surface area contributed by atoms with Gasteiger partial charge in [0, 0.05) is 22.0 Å². The summed E-state index contributed by atoms with van der Waals surface area (Å²) in [4.78, 5) is 10.9. The Kier molecular flexibility index (Phi) is 5.29. The number of nitrogens with one attached hydrogen (secondary N) is 1. The number of aliphatic carboxylic acids is 1. The third-order valence-electron chi connectivity index (χ3n) is 3.31. The van der Waals surface area contributed by atoms with E-state index in [1.807, 2.05) is 0 Å². The molecule has 1 aliphatic rings. The smallest absolute Gasteiger partial charge is 0.306 e. The third kappa shape index (κ3) is 4.18. The number of rotatable bonds is 4. The average molecular weight is 442 g/mol. The van der Waals surface area contributed by atoms with Gasteiger partial charge in [-0.1, -0.05) is 15.9 Å². The molecule has 116 valence electrons. The molecule has 21 heavy (non-hydrogen) atoms. The summed E-state index contributed by atoms with van der Waals surface area (Å²) in [6.45, 7) is 0.413. The second kappa shape index (κ2) is 6.64. The molecule has 2 N–H and O–H groups in total. The van der Waals surface area contributed by atoms with E-state index < -0.39 is 22.1 Å². The Labute approximate surface area is 140 Å². The van der Waals surface area contributed by atoms with Crippen LogP contribution in [0.25, 0.3) is 0 Å². The van der Waals surface area contributed by atoms with Crippen molar-refractivity contribution in [3.05, 3.63) is 27.1 Å². The SMILES string of the molecule is O=C(O)C1CCN(S(=O)(=O)Nc2cc(Br)ccc2Br)CC1. The van der Waals surface area contributed by atoms with E-state index >= 15 is 0 Å². The summed E-state index contributed by atoms with van der Waals surface area (Å²) in [5.74, 6) is -1.33. The van der Waals surface area contributed by atoms with Crippen molar-refractivity contribution < 1.29 is 18.3 Å². The van der Waals surface area contributed by atoms with Crippen LogP contribution in [0, 0.1) is 5.92 Å². The Balaban J connectivity index is 2.09. The first-order chi connectivity index (χ1) is 9.79. The van der Waals surface area contributed by atoms with Crippen molar-refractivity contribution in [2.24, 2.45) is 5.92 Å². The number of halogens is 2. The van der Waals surface area contributed by atoms with E-state index in [4.69, 9.17) is 5.11 Å². The fraction of sp³-hybridized carbons (Fsp3) is 0.417. The molecule has 1 aliphatic heterocycles. The van der Waals surface area contributed by atoms with Crippen LogP contribution in [0.1, 0.15) is 12.8 Å². The quantitative estimate of drug-likeness (QED) is 0.751. The Morgan fingerprint density at radius 3 is 2.48 bits per heavy atom. The fourth-order valence-electron chi connectivity index (χ4n) is 2.12. The van der Waals surface area contributed by atoms with Crippen LogP contribution >= 0.6 is 31.9 Å². The molecular weight excluding hydrogens is 428 g/mol. The second-order valence-electron chi connectivity index (χ2n) is 4.74. The zero-order chi connectivity index (χ0) is 15.6. The average Bonchev–Trinajstić information content (AvgIpc) is 2.43. The molecule has 1 aromatic rings. The number of hydrogen-bond donors (Lipinski definition) is 2. The molecule has 0 spiro atoms. The minimum atomic E-state index is -3.69. The van der Waals surface area contributed by atoms with Gasteiger partial charge >= 0.3 is 16.2 Å². The van der Waals surface area contributed by atoms with E-state index in [0.717, 1.165) is 4.47 Å². The molecule has 1 aromatic carbocycles. The predicted octanol–water partition coefficient (Wildman–Crippen LogP) is 2.66. The summed E-state index contributed by atoms with van der Waals surface area (Å²) in [6, 6.07) is 5.18. The highest BCUT2D eigenvalue weighted by atomic mass is 79.9. The van der Waals surface area contributed by atoms with Crippen LogP contribution in [-0.2, 0) is 15.0 Å². The van der Waals surface area contributed by atoms with Gasteiger partial charge in [-0.05, 0) is 47.0 Å². The molecule has 0 aliphatic carbocycles. The lowest BCUT2D eigenvalue weighted by Crippen LogP contribution is -2.43. The maximum absolute atomic E-state index is 12.3. The van der Waals surface area contributed by atoms with Crippen LogP contribution in [-0.4, -0.2) is 36.9 Å². The Bertz CT molecular complexity index is 643. The standard InChI is InChI=1S/C12H14Br2N2O4S/c13-9-1-2-10(14)11(7-9)15-21(19,20)16-5-3-8(4-6-16)12(17)18/h1-2,7-8,15H,3-6H2,(H,17,18). The molecular formula is C12H14Br2N2O4S. The van der Waals surface area contributed by atoms with Crippen LogP contribution in [0.2, 0.25) is 0 Å². The lowest BCUT2D eigenvalue weighted by molar-refractivity contribution is -0.142. The van der Waals surface area contributed by atoms with Crippen LogP contribution in [0.15, 0.2) is 27.1 Å². The number of carbonyl (C=O) groups is 1. The fourth-order valence-corrected chi connectivity index (χ4v) is 4.23. The molecule has 0 amide bonds. The van der Waals surface area contributed by atoms with Crippen LogP contribution in [0.3, 0.4) is 0 Å². The maximum Gasteiger partial charge on any atom is 0.306 e. The molecule has 0 atom stereocenters. The topological polar surface area (TPSA) is 86.7 Å². The predicted molar refractivity (Wildman–Crippen MR) is 86.3 cm³/mol. The molecule has 0 aromatic heterocycles. The number of benzene rings is 1. The van der Waals surface area contributed by atoms with Crippen molar-refractivity contribution >= 4 is 53.7 Å². The van der Waals surface area contributed by atoms with E-state index in [-0.39, 0.29) is 13.1 Å². The van der Waals surface area contributed by atoms with Gasteiger partial charge in [-0.15, -0.1) is 0 Å². The highest BCUT2D eigenvalue weighted by Gasteiger charge is 2.31. The lowest BCUT2D eigenvalue weighted by Gasteiger charge is -2.29. The number of nitrogens with zero attached hydrogens (tertiary/aromatic N) is 1. The largest absolute Gasteiger partial charge is 0.481 e. The van der Waals surface area contributed by atoms with Crippen molar-refractivity contribution in [1.82, 2.24) is 4.31 Å². The van der Waals surface area contributed by atoms with E-state index in [2.05, 4.69) is 36.6 Å². The molecule has 9 heteroatoms. The monoisotopic (exact) mass is 440 g/mol. The first-order valence-corrected chi connectivity index (χ1v) is 9.28. The maximum atomic E-state index is 12.3. The van der Waals surface area contributed by atoms with Gasteiger partial charge in [-0.25, -0.2) is 0 Å². The van der Waals surface area contributed by atoms with Gasteiger partial charge in [0.15, 0.2) is 0 Å². The zero-order valence-corrected chi connectivity index (χ0v) is 14.9. The zero-order valence-electron chi connectivity index (χ0n) is 10.9. The molecule has 0 saturated carbocycles. The highest BCUT2D eigenvalue weighted by molar-refractivity contribution is 9.11. The van der Waals surface area contributed by atoms with Crippen molar-refractivity contribution in [3.63, 3.8) is 0 Å². The molecule has 2 rings (SSSR count). The Hall–Kier alpha value is -0.640. The number of anilines is 1. The van der Waals surface area contributed by atoms with E-state index in [0.29, 0.717) is 23.0 Å². The number of piperidine rings is 1. The van der Waals surface area contributed by atoms with E-state index in [1.165, 1.54) is 4.31 Å². The minimum Gasteiger partial charge on any atom is -0.481 e. The van der Waals surface area contributed by atoms with Gasteiger partial charge in [0.2, 0.25) is 0 Å². The van der Waals surface area contributed by atoms with Gasteiger partial charge in [-0.3, -0.25) is 9.52 Å². The van der Waals surface area contributed by atoms with Gasteiger partial charge in [0.25, 0.3) is 0 Å². The lowest BCUT2D eigenvalue weighted by atomic mass is 9.99. The summed E-state index contributed by atoms with van der Waals surface area (Å²) in [5.41, 5.74) is 0.435. The van der Waals surface area contributed by atoms with Gasteiger partial charge < -0.3 is 5.11 Å². The Morgan fingerprint density at radius 1 is 1.29 bits per heavy atom. The van der Waals surface area contributed by atoms with E-state index in [9.17, 15) is 13.2 Å².